The van der Waals surface area contributed by atoms with E-state index >= 15 is 0 Å². The standard InChI is InChI=1S/C20H21ClN2O4/c1-27-15-9-7-14(8-10-15)13-18(20(26)22-11-4-12-24)23-19(25)16-5-2-3-6-17(16)21/h2-3,5-10,13,24H,4,11-12H2,1H3,(H,22,26)(H,23,25)/b18-13-. The van der Waals surface area contributed by atoms with Crippen LogP contribution < -0.4 is 15.4 Å². The van der Waals surface area contributed by atoms with Gasteiger partial charge in [-0.05, 0) is 42.3 Å². The molecule has 27 heavy (non-hydrogen) atoms. The number of aliphatic hydroxyl groups is 1. The van der Waals surface area contributed by atoms with E-state index in [4.69, 9.17) is 21.4 Å². The number of carbonyl (C=O) groups excluding carboxylic acids is 2. The van der Waals surface area contributed by atoms with Gasteiger partial charge in [-0.3, -0.25) is 9.59 Å². The third-order valence-corrected chi connectivity index (χ3v) is 3.99. The van der Waals surface area contributed by atoms with Gasteiger partial charge in [0.2, 0.25) is 0 Å². The predicted octanol–water partition coefficient (Wildman–Crippen LogP) is 2.62. The molecule has 6 nitrogen and oxygen atoms in total. The van der Waals surface area contributed by atoms with E-state index < -0.39 is 11.8 Å². The van der Waals surface area contributed by atoms with Gasteiger partial charge in [0.05, 0.1) is 17.7 Å². The quantitative estimate of drug-likeness (QED) is 0.479. The Kier molecular flexibility index (Phi) is 7.85. The molecule has 2 aromatic rings. The van der Waals surface area contributed by atoms with Crippen LogP contribution in [0.1, 0.15) is 22.3 Å². The molecule has 2 amide bonds. The van der Waals surface area contributed by atoms with E-state index in [1.165, 1.54) is 0 Å². The summed E-state index contributed by atoms with van der Waals surface area (Å²) in [4.78, 5) is 25.0. The van der Waals surface area contributed by atoms with E-state index in [2.05, 4.69) is 10.6 Å². The molecule has 2 aromatic carbocycles. The average molecular weight is 389 g/mol. The molecule has 0 unspecified atom stereocenters. The van der Waals surface area contributed by atoms with Crippen LogP contribution in [-0.4, -0.2) is 37.2 Å². The van der Waals surface area contributed by atoms with Crippen molar-refractivity contribution in [1.82, 2.24) is 10.6 Å². The van der Waals surface area contributed by atoms with Gasteiger partial charge in [-0.1, -0.05) is 35.9 Å². The Morgan fingerprint density at radius 2 is 1.85 bits per heavy atom. The monoisotopic (exact) mass is 388 g/mol. The van der Waals surface area contributed by atoms with Crippen LogP contribution in [0.25, 0.3) is 6.08 Å². The highest BCUT2D eigenvalue weighted by atomic mass is 35.5. The molecule has 0 aliphatic heterocycles. The molecule has 0 radical (unpaired) electrons. The van der Waals surface area contributed by atoms with Crippen molar-refractivity contribution in [3.8, 4) is 5.75 Å². The Balaban J connectivity index is 2.25. The van der Waals surface area contributed by atoms with Crippen LogP contribution in [0.4, 0.5) is 0 Å². The summed E-state index contributed by atoms with van der Waals surface area (Å²) in [6, 6.07) is 13.6. The summed E-state index contributed by atoms with van der Waals surface area (Å²) < 4.78 is 5.11. The molecule has 0 bridgehead atoms. The van der Waals surface area contributed by atoms with Crippen molar-refractivity contribution < 1.29 is 19.4 Å². The number of halogens is 1. The molecule has 0 spiro atoms. The molecular weight excluding hydrogens is 368 g/mol. The number of methoxy groups -OCH3 is 1. The lowest BCUT2D eigenvalue weighted by Gasteiger charge is -2.12. The van der Waals surface area contributed by atoms with E-state index in [1.54, 1.807) is 61.7 Å². The van der Waals surface area contributed by atoms with Crippen molar-refractivity contribution in [2.45, 2.75) is 6.42 Å². The molecule has 0 aromatic heterocycles. The number of carbonyl (C=O) groups is 2. The molecule has 0 atom stereocenters. The van der Waals surface area contributed by atoms with Gasteiger partial charge < -0.3 is 20.5 Å². The van der Waals surface area contributed by atoms with Crippen molar-refractivity contribution in [3.05, 3.63) is 70.4 Å². The molecule has 7 heteroatoms. The molecule has 0 saturated carbocycles. The van der Waals surface area contributed by atoms with E-state index in [-0.39, 0.29) is 24.4 Å². The topological polar surface area (TPSA) is 87.7 Å². The second-order valence-electron chi connectivity index (χ2n) is 5.60. The van der Waals surface area contributed by atoms with Crippen LogP contribution in [-0.2, 0) is 4.79 Å². The van der Waals surface area contributed by atoms with Crippen molar-refractivity contribution >= 4 is 29.5 Å². The maximum Gasteiger partial charge on any atom is 0.267 e. The first kappa shape index (κ1) is 20.5. The van der Waals surface area contributed by atoms with E-state index in [9.17, 15) is 9.59 Å². The molecule has 142 valence electrons. The fraction of sp³-hybridized carbons (Fsp3) is 0.200. The number of aliphatic hydroxyl groups excluding tert-OH is 1. The third kappa shape index (κ3) is 6.13. The van der Waals surface area contributed by atoms with Gasteiger partial charge in [0.1, 0.15) is 11.4 Å². The first-order valence-electron chi connectivity index (χ1n) is 8.36. The Bertz CT molecular complexity index is 819. The van der Waals surface area contributed by atoms with E-state index in [0.717, 1.165) is 0 Å². The Morgan fingerprint density at radius 1 is 1.15 bits per heavy atom. The van der Waals surface area contributed by atoms with Gasteiger partial charge >= 0.3 is 0 Å². The van der Waals surface area contributed by atoms with Crippen molar-refractivity contribution in [2.75, 3.05) is 20.3 Å². The SMILES string of the molecule is COc1ccc(/C=C(\NC(=O)c2ccccc2Cl)C(=O)NCCCO)cc1. The molecule has 0 heterocycles. The largest absolute Gasteiger partial charge is 0.497 e. The van der Waals surface area contributed by atoms with Crippen LogP contribution in [0, 0.1) is 0 Å². The summed E-state index contributed by atoms with van der Waals surface area (Å²) >= 11 is 6.06. The number of nitrogens with one attached hydrogen (secondary N) is 2. The van der Waals surface area contributed by atoms with E-state index in [1.807, 2.05) is 0 Å². The van der Waals surface area contributed by atoms with Gasteiger partial charge in [0, 0.05) is 13.2 Å². The molecule has 0 aliphatic carbocycles. The van der Waals surface area contributed by atoms with Gasteiger partial charge in [0.25, 0.3) is 11.8 Å². The smallest absolute Gasteiger partial charge is 0.267 e. The lowest BCUT2D eigenvalue weighted by molar-refractivity contribution is -0.117. The maximum atomic E-state index is 12.5. The number of hydrogen-bond donors (Lipinski definition) is 3. The fourth-order valence-corrected chi connectivity index (χ4v) is 2.46. The molecule has 0 fully saturated rings. The lowest BCUT2D eigenvalue weighted by atomic mass is 10.1. The number of ether oxygens (including phenoxy) is 1. The second-order valence-corrected chi connectivity index (χ2v) is 6.01. The molecule has 0 saturated heterocycles. The van der Waals surface area contributed by atoms with Crippen LogP contribution in [0.15, 0.2) is 54.2 Å². The zero-order valence-electron chi connectivity index (χ0n) is 14.9. The van der Waals surface area contributed by atoms with Gasteiger partial charge in [-0.25, -0.2) is 0 Å². The third-order valence-electron chi connectivity index (χ3n) is 3.66. The average Bonchev–Trinajstić information content (AvgIpc) is 2.68. The molecule has 2 rings (SSSR count). The van der Waals surface area contributed by atoms with Gasteiger partial charge in [-0.2, -0.15) is 0 Å². The highest BCUT2D eigenvalue weighted by Crippen LogP contribution is 2.16. The van der Waals surface area contributed by atoms with Crippen molar-refractivity contribution in [2.24, 2.45) is 0 Å². The van der Waals surface area contributed by atoms with Crippen LogP contribution in [0.3, 0.4) is 0 Å². The first-order valence-corrected chi connectivity index (χ1v) is 8.73. The van der Waals surface area contributed by atoms with Crippen LogP contribution >= 0.6 is 11.6 Å². The Labute approximate surface area is 162 Å². The number of rotatable bonds is 8. The minimum absolute atomic E-state index is 0.0379. The van der Waals surface area contributed by atoms with Crippen molar-refractivity contribution in [3.63, 3.8) is 0 Å². The van der Waals surface area contributed by atoms with Crippen LogP contribution in [0.2, 0.25) is 5.02 Å². The highest BCUT2D eigenvalue weighted by Gasteiger charge is 2.16. The fourth-order valence-electron chi connectivity index (χ4n) is 2.24. The zero-order valence-corrected chi connectivity index (χ0v) is 15.6. The summed E-state index contributed by atoms with van der Waals surface area (Å²) in [6.07, 6.45) is 1.97. The maximum absolute atomic E-state index is 12.5. The first-order chi connectivity index (χ1) is 13.0. The Hall–Kier alpha value is -2.83. The summed E-state index contributed by atoms with van der Waals surface area (Å²) in [5, 5.41) is 14.4. The summed E-state index contributed by atoms with van der Waals surface area (Å²) in [5.41, 5.74) is 1.05. The number of hydrogen-bond acceptors (Lipinski definition) is 4. The number of benzene rings is 2. The van der Waals surface area contributed by atoms with Crippen LogP contribution in [0.5, 0.6) is 5.75 Å². The zero-order chi connectivity index (χ0) is 19.6. The molecule has 0 aliphatic rings. The highest BCUT2D eigenvalue weighted by molar-refractivity contribution is 6.34. The molecule has 3 N–H and O–H groups in total. The predicted molar refractivity (Wildman–Crippen MR) is 105 cm³/mol. The number of amides is 2. The van der Waals surface area contributed by atoms with Gasteiger partial charge in [0.15, 0.2) is 0 Å². The van der Waals surface area contributed by atoms with Crippen molar-refractivity contribution in [1.29, 1.82) is 0 Å². The lowest BCUT2D eigenvalue weighted by Crippen LogP contribution is -2.35. The van der Waals surface area contributed by atoms with Gasteiger partial charge in [-0.15, -0.1) is 0 Å². The summed E-state index contributed by atoms with van der Waals surface area (Å²) in [5.74, 6) is -0.265. The summed E-state index contributed by atoms with van der Waals surface area (Å²) in [7, 11) is 1.56. The summed E-state index contributed by atoms with van der Waals surface area (Å²) in [6.45, 7) is 0.251. The van der Waals surface area contributed by atoms with E-state index in [0.29, 0.717) is 22.8 Å². The minimum atomic E-state index is -0.488. The minimum Gasteiger partial charge on any atom is -0.497 e. The second kappa shape index (κ2) is 10.4. The molecular formula is C20H21ClN2O4. The Morgan fingerprint density at radius 3 is 2.48 bits per heavy atom. The normalized spacial score (nSPS) is 11.0.